The Morgan fingerprint density at radius 2 is 1.45 bits per heavy atom. The van der Waals surface area contributed by atoms with E-state index >= 15 is 0 Å². The number of hydrogen-bond acceptors (Lipinski definition) is 2. The fourth-order valence-electron chi connectivity index (χ4n) is 0.331. The Kier molecular flexibility index (Phi) is 4.96. The summed E-state index contributed by atoms with van der Waals surface area (Å²) in [5, 5.41) is 0.763. The average Bonchev–Trinajstić information content (AvgIpc) is 1.80. The van der Waals surface area contributed by atoms with E-state index in [9.17, 15) is 0 Å². The van der Waals surface area contributed by atoms with Gasteiger partial charge < -0.3 is 0 Å². The number of hydrogen-bond donors (Lipinski definition) is 0. The predicted octanol–water partition coefficient (Wildman–Crippen LogP) is 4.21. The molecule has 0 heterocycles. The van der Waals surface area contributed by atoms with Gasteiger partial charge in [-0.25, -0.2) is 0 Å². The van der Waals surface area contributed by atoms with Crippen molar-refractivity contribution in [1.82, 2.24) is 0 Å². The second-order valence-electron chi connectivity index (χ2n) is 4.24. The zero-order valence-corrected chi connectivity index (χ0v) is 10.1. The Morgan fingerprint density at radius 1 is 1.00 bits per heavy atom. The van der Waals surface area contributed by atoms with Gasteiger partial charge in [-0.3, -0.25) is 0 Å². The van der Waals surface area contributed by atoms with Crippen molar-refractivity contribution in [2.24, 2.45) is 5.92 Å². The smallest absolute Gasteiger partial charge is 0.0179 e. The molecular weight excluding hydrogens is 172 g/mol. The van der Waals surface area contributed by atoms with E-state index < -0.39 is 0 Å². The van der Waals surface area contributed by atoms with E-state index in [0.29, 0.717) is 4.75 Å². The van der Waals surface area contributed by atoms with Crippen LogP contribution >= 0.6 is 21.6 Å². The highest BCUT2D eigenvalue weighted by molar-refractivity contribution is 8.77. The lowest BCUT2D eigenvalue weighted by atomic mass is 10.2. The molecule has 11 heavy (non-hydrogen) atoms. The second kappa shape index (κ2) is 4.66. The average molecular weight is 192 g/mol. The minimum atomic E-state index is 0.397. The Bertz CT molecular complexity index is 103. The molecule has 0 N–H and O–H groups in total. The Labute approximate surface area is 79.3 Å². The molecule has 0 fully saturated rings. The summed E-state index contributed by atoms with van der Waals surface area (Å²) in [6, 6.07) is 0. The lowest BCUT2D eigenvalue weighted by molar-refractivity contribution is 0.645. The minimum Gasteiger partial charge on any atom is -0.0902 e. The molecule has 0 aliphatic carbocycles. The van der Waals surface area contributed by atoms with E-state index in [1.54, 1.807) is 0 Å². The van der Waals surface area contributed by atoms with Crippen LogP contribution in [0.15, 0.2) is 0 Å². The molecule has 0 spiro atoms. The lowest BCUT2D eigenvalue weighted by Crippen LogP contribution is -2.09. The third-order valence-electron chi connectivity index (χ3n) is 1.39. The minimum absolute atomic E-state index is 0.397. The maximum Gasteiger partial charge on any atom is 0.0179 e. The van der Waals surface area contributed by atoms with Crippen molar-refractivity contribution in [2.45, 2.75) is 51.5 Å². The van der Waals surface area contributed by atoms with Crippen molar-refractivity contribution in [2.75, 3.05) is 0 Å². The predicted molar refractivity (Wildman–Crippen MR) is 59.2 cm³/mol. The first-order valence-electron chi connectivity index (χ1n) is 4.17. The van der Waals surface area contributed by atoms with E-state index in [2.05, 4.69) is 41.5 Å². The van der Waals surface area contributed by atoms with Gasteiger partial charge in [0, 0.05) is 10.00 Å². The molecule has 0 bridgehead atoms. The van der Waals surface area contributed by atoms with Gasteiger partial charge in [-0.15, -0.1) is 0 Å². The van der Waals surface area contributed by atoms with E-state index in [1.807, 2.05) is 21.6 Å². The standard InChI is InChI=1S/C9H20S2/c1-7(2)8(3)10-11-9(4,5)6/h7-8H,1-6H3/t8-/m1/s1. The lowest BCUT2D eigenvalue weighted by Gasteiger charge is -2.21. The molecule has 0 aromatic heterocycles. The highest BCUT2D eigenvalue weighted by Crippen LogP contribution is 2.39. The van der Waals surface area contributed by atoms with E-state index in [0.717, 1.165) is 11.2 Å². The van der Waals surface area contributed by atoms with Gasteiger partial charge in [0.25, 0.3) is 0 Å². The molecule has 0 unspecified atom stereocenters. The molecule has 1 atom stereocenters. The van der Waals surface area contributed by atoms with Crippen LogP contribution in [0.5, 0.6) is 0 Å². The summed E-state index contributed by atoms with van der Waals surface area (Å²) >= 11 is 0. The maximum absolute atomic E-state index is 2.30. The molecule has 68 valence electrons. The van der Waals surface area contributed by atoms with Crippen molar-refractivity contribution in [1.29, 1.82) is 0 Å². The summed E-state index contributed by atoms with van der Waals surface area (Å²) in [7, 11) is 3.99. The van der Waals surface area contributed by atoms with Gasteiger partial charge in [0.1, 0.15) is 0 Å². The Hall–Kier alpha value is 0.700. The molecule has 0 aromatic rings. The van der Waals surface area contributed by atoms with E-state index in [-0.39, 0.29) is 0 Å². The third kappa shape index (κ3) is 7.07. The van der Waals surface area contributed by atoms with Gasteiger partial charge in [-0.1, -0.05) is 63.1 Å². The van der Waals surface area contributed by atoms with Crippen LogP contribution < -0.4 is 0 Å². The summed E-state index contributed by atoms with van der Waals surface area (Å²) in [5.74, 6) is 0.787. The molecule has 0 rings (SSSR count). The summed E-state index contributed by atoms with van der Waals surface area (Å²) in [4.78, 5) is 0. The van der Waals surface area contributed by atoms with Crippen molar-refractivity contribution < 1.29 is 0 Å². The molecule has 0 saturated heterocycles. The SMILES string of the molecule is CC(C)[C@@H](C)SSC(C)(C)C. The fourth-order valence-corrected chi connectivity index (χ4v) is 2.98. The topological polar surface area (TPSA) is 0 Å². The summed E-state index contributed by atoms with van der Waals surface area (Å²) < 4.78 is 0.397. The van der Waals surface area contributed by atoms with Gasteiger partial charge in [0.05, 0.1) is 0 Å². The van der Waals surface area contributed by atoms with Crippen LogP contribution in [0.25, 0.3) is 0 Å². The Morgan fingerprint density at radius 3 is 1.73 bits per heavy atom. The largest absolute Gasteiger partial charge is 0.0902 e. The summed E-state index contributed by atoms with van der Waals surface area (Å²) in [5.41, 5.74) is 0. The fraction of sp³-hybridized carbons (Fsp3) is 1.00. The Balaban J connectivity index is 3.54. The van der Waals surface area contributed by atoms with Crippen molar-refractivity contribution in [3.63, 3.8) is 0 Å². The molecule has 0 amide bonds. The molecule has 0 aliphatic rings. The highest BCUT2D eigenvalue weighted by atomic mass is 33.1. The van der Waals surface area contributed by atoms with Crippen LogP contribution in [0.4, 0.5) is 0 Å². The quantitative estimate of drug-likeness (QED) is 0.614. The normalized spacial score (nSPS) is 15.5. The van der Waals surface area contributed by atoms with Crippen LogP contribution in [0, 0.1) is 5.92 Å². The van der Waals surface area contributed by atoms with E-state index in [4.69, 9.17) is 0 Å². The van der Waals surface area contributed by atoms with E-state index in [1.165, 1.54) is 0 Å². The zero-order valence-electron chi connectivity index (χ0n) is 8.47. The molecule has 2 heteroatoms. The third-order valence-corrected chi connectivity index (χ3v) is 5.53. The summed E-state index contributed by atoms with van der Waals surface area (Å²) in [6.07, 6.45) is 0. The molecular formula is C9H20S2. The van der Waals surface area contributed by atoms with Crippen LogP contribution in [0.1, 0.15) is 41.5 Å². The zero-order chi connectivity index (χ0) is 9.07. The molecule has 0 saturated carbocycles. The first kappa shape index (κ1) is 11.7. The first-order chi connectivity index (χ1) is 4.83. The van der Waals surface area contributed by atoms with Crippen LogP contribution in [0.2, 0.25) is 0 Å². The molecule has 0 aromatic carbocycles. The van der Waals surface area contributed by atoms with Crippen molar-refractivity contribution in [3.05, 3.63) is 0 Å². The van der Waals surface area contributed by atoms with Gasteiger partial charge in [0.15, 0.2) is 0 Å². The number of rotatable bonds is 3. The molecule has 0 nitrogen and oxygen atoms in total. The van der Waals surface area contributed by atoms with Gasteiger partial charge >= 0.3 is 0 Å². The van der Waals surface area contributed by atoms with Gasteiger partial charge in [-0.2, -0.15) is 0 Å². The highest BCUT2D eigenvalue weighted by Gasteiger charge is 2.15. The summed E-state index contributed by atoms with van der Waals surface area (Å²) in [6.45, 7) is 13.6. The van der Waals surface area contributed by atoms with Crippen LogP contribution in [0.3, 0.4) is 0 Å². The van der Waals surface area contributed by atoms with Gasteiger partial charge in [-0.05, 0) is 5.92 Å². The monoisotopic (exact) mass is 192 g/mol. The van der Waals surface area contributed by atoms with Crippen LogP contribution in [-0.4, -0.2) is 10.00 Å². The van der Waals surface area contributed by atoms with Crippen LogP contribution in [-0.2, 0) is 0 Å². The molecule has 0 radical (unpaired) electrons. The molecule has 0 aliphatic heterocycles. The maximum atomic E-state index is 2.30. The van der Waals surface area contributed by atoms with Crippen molar-refractivity contribution >= 4 is 21.6 Å². The van der Waals surface area contributed by atoms with Gasteiger partial charge in [0.2, 0.25) is 0 Å². The second-order valence-corrected chi connectivity index (χ2v) is 7.65. The first-order valence-corrected chi connectivity index (χ1v) is 6.38. The van der Waals surface area contributed by atoms with Crippen molar-refractivity contribution in [3.8, 4) is 0 Å².